The molecule has 0 radical (unpaired) electrons. The predicted octanol–water partition coefficient (Wildman–Crippen LogP) is 3.56. The first kappa shape index (κ1) is 12.4. The van der Waals surface area contributed by atoms with Crippen LogP contribution in [0.3, 0.4) is 0 Å². The van der Waals surface area contributed by atoms with Gasteiger partial charge in [0.1, 0.15) is 5.78 Å². The van der Waals surface area contributed by atoms with Crippen LogP contribution in [0.2, 0.25) is 0 Å². The van der Waals surface area contributed by atoms with E-state index in [-0.39, 0.29) is 5.41 Å². The van der Waals surface area contributed by atoms with Gasteiger partial charge in [-0.05, 0) is 59.3 Å². The molecule has 1 aliphatic rings. The number of nitrogen functional groups attached to an aromatic ring is 1. The summed E-state index contributed by atoms with van der Waals surface area (Å²) in [4.78, 5) is 12.5. The first-order chi connectivity index (χ1) is 9.21. The highest BCUT2D eigenvalue weighted by Gasteiger charge is 2.49. The number of carbonyl (C=O) groups is 1. The van der Waals surface area contributed by atoms with Crippen LogP contribution in [0.4, 0.5) is 5.69 Å². The monoisotopic (exact) mass is 271 g/mol. The summed E-state index contributed by atoms with van der Waals surface area (Å²) in [6.07, 6.45) is 3.47. The molecular weight excluding hydrogens is 254 g/mol. The molecule has 0 bridgehead atoms. The maximum Gasteiger partial charge on any atom is 0.143 e. The molecule has 1 saturated carbocycles. The van der Waals surface area contributed by atoms with Gasteiger partial charge in [0.25, 0.3) is 0 Å². The Bertz CT molecular complexity index is 567. The fourth-order valence-electron chi connectivity index (χ4n) is 2.59. The maximum absolute atomic E-state index is 12.5. The number of hydrogen-bond donors (Lipinski definition) is 1. The van der Waals surface area contributed by atoms with Gasteiger partial charge < -0.3 is 5.73 Å². The predicted molar refractivity (Wildman–Crippen MR) is 79.4 cm³/mol. The standard InChI is InChI=1S/C16H17NOS/c17-14-4-2-13(3-5-14)16(8-9-16)15(18)6-1-12-7-10-19-11-12/h2-5,7,10-11H,1,6,8-9,17H2. The van der Waals surface area contributed by atoms with Crippen molar-refractivity contribution in [3.63, 3.8) is 0 Å². The Morgan fingerprint density at radius 2 is 1.95 bits per heavy atom. The van der Waals surface area contributed by atoms with Crippen molar-refractivity contribution in [2.75, 3.05) is 5.73 Å². The highest BCUT2D eigenvalue weighted by atomic mass is 32.1. The number of benzene rings is 1. The third-order valence-corrected chi connectivity index (χ3v) is 4.70. The molecule has 3 rings (SSSR count). The van der Waals surface area contributed by atoms with Gasteiger partial charge in [0.05, 0.1) is 5.41 Å². The molecule has 2 N–H and O–H groups in total. The smallest absolute Gasteiger partial charge is 0.143 e. The van der Waals surface area contributed by atoms with E-state index in [2.05, 4.69) is 16.8 Å². The van der Waals surface area contributed by atoms with E-state index in [1.807, 2.05) is 24.3 Å². The number of rotatable bonds is 5. The number of aryl methyl sites for hydroxylation is 1. The lowest BCUT2D eigenvalue weighted by molar-refractivity contribution is -0.121. The minimum absolute atomic E-state index is 0.205. The molecule has 2 nitrogen and oxygen atoms in total. The van der Waals surface area contributed by atoms with E-state index in [1.165, 1.54) is 5.56 Å². The van der Waals surface area contributed by atoms with Crippen molar-refractivity contribution in [3.8, 4) is 0 Å². The van der Waals surface area contributed by atoms with Gasteiger partial charge in [-0.2, -0.15) is 11.3 Å². The van der Waals surface area contributed by atoms with E-state index in [9.17, 15) is 4.79 Å². The van der Waals surface area contributed by atoms with Crippen LogP contribution in [0.25, 0.3) is 0 Å². The van der Waals surface area contributed by atoms with Gasteiger partial charge in [-0.15, -0.1) is 0 Å². The summed E-state index contributed by atoms with van der Waals surface area (Å²) < 4.78 is 0. The number of nitrogens with two attached hydrogens (primary N) is 1. The molecule has 3 heteroatoms. The van der Waals surface area contributed by atoms with Crippen molar-refractivity contribution in [3.05, 3.63) is 52.2 Å². The van der Waals surface area contributed by atoms with Gasteiger partial charge in [0, 0.05) is 12.1 Å². The lowest BCUT2D eigenvalue weighted by atomic mass is 9.88. The first-order valence-electron chi connectivity index (χ1n) is 6.61. The van der Waals surface area contributed by atoms with Gasteiger partial charge in [-0.25, -0.2) is 0 Å². The fourth-order valence-corrected chi connectivity index (χ4v) is 3.29. The molecule has 2 aromatic rings. The number of carbonyl (C=O) groups excluding carboxylic acids is 1. The van der Waals surface area contributed by atoms with Crippen LogP contribution in [0.15, 0.2) is 41.1 Å². The first-order valence-corrected chi connectivity index (χ1v) is 7.55. The van der Waals surface area contributed by atoms with Crippen LogP contribution in [-0.2, 0) is 16.6 Å². The Morgan fingerprint density at radius 1 is 1.21 bits per heavy atom. The van der Waals surface area contributed by atoms with Gasteiger partial charge in [0.2, 0.25) is 0 Å². The Kier molecular flexibility index (Phi) is 3.15. The van der Waals surface area contributed by atoms with Crippen LogP contribution in [0.5, 0.6) is 0 Å². The normalized spacial score (nSPS) is 16.2. The van der Waals surface area contributed by atoms with Gasteiger partial charge in [0.15, 0.2) is 0 Å². The second-order valence-corrected chi connectivity index (χ2v) is 6.04. The van der Waals surface area contributed by atoms with Crippen LogP contribution in [0.1, 0.15) is 30.4 Å². The summed E-state index contributed by atoms with van der Waals surface area (Å²) >= 11 is 1.69. The molecule has 0 amide bonds. The molecule has 1 aromatic carbocycles. The third kappa shape index (κ3) is 2.43. The summed E-state index contributed by atoms with van der Waals surface area (Å²) in [5.41, 5.74) is 8.66. The van der Waals surface area contributed by atoms with Crippen LogP contribution in [0, 0.1) is 0 Å². The zero-order chi connectivity index (χ0) is 13.3. The SMILES string of the molecule is Nc1ccc(C2(C(=O)CCc3ccsc3)CC2)cc1. The Hall–Kier alpha value is -1.61. The molecule has 1 fully saturated rings. The van der Waals surface area contributed by atoms with Crippen LogP contribution >= 0.6 is 11.3 Å². The minimum atomic E-state index is -0.205. The molecule has 0 spiro atoms. The summed E-state index contributed by atoms with van der Waals surface area (Å²) in [6.45, 7) is 0. The molecule has 0 atom stereocenters. The Balaban J connectivity index is 1.70. The number of thiophene rings is 1. The Labute approximate surface area is 117 Å². The number of anilines is 1. The summed E-state index contributed by atoms with van der Waals surface area (Å²) in [5, 5.41) is 4.18. The summed E-state index contributed by atoms with van der Waals surface area (Å²) in [7, 11) is 0. The van der Waals surface area contributed by atoms with Crippen molar-refractivity contribution in [1.29, 1.82) is 0 Å². The lowest BCUT2D eigenvalue weighted by Gasteiger charge is -2.14. The van der Waals surface area contributed by atoms with Crippen molar-refractivity contribution in [1.82, 2.24) is 0 Å². The summed E-state index contributed by atoms with van der Waals surface area (Å²) in [5.74, 6) is 0.378. The van der Waals surface area contributed by atoms with E-state index in [4.69, 9.17) is 5.73 Å². The highest BCUT2D eigenvalue weighted by Crippen LogP contribution is 2.49. The average Bonchev–Trinajstić information content (AvgIpc) is 3.07. The molecule has 19 heavy (non-hydrogen) atoms. The van der Waals surface area contributed by atoms with E-state index in [0.29, 0.717) is 12.2 Å². The van der Waals surface area contributed by atoms with Gasteiger partial charge in [-0.1, -0.05) is 12.1 Å². The number of hydrogen-bond acceptors (Lipinski definition) is 3. The third-order valence-electron chi connectivity index (χ3n) is 3.97. The Morgan fingerprint density at radius 3 is 2.53 bits per heavy atom. The quantitative estimate of drug-likeness (QED) is 0.845. The van der Waals surface area contributed by atoms with Crippen molar-refractivity contribution < 1.29 is 4.79 Å². The number of ketones is 1. The van der Waals surface area contributed by atoms with Crippen molar-refractivity contribution in [2.45, 2.75) is 31.1 Å². The van der Waals surface area contributed by atoms with E-state index < -0.39 is 0 Å². The van der Waals surface area contributed by atoms with Crippen molar-refractivity contribution in [2.24, 2.45) is 0 Å². The molecule has 0 unspecified atom stereocenters. The molecule has 0 aliphatic heterocycles. The molecule has 98 valence electrons. The lowest BCUT2D eigenvalue weighted by Crippen LogP contribution is -2.20. The fraction of sp³-hybridized carbons (Fsp3) is 0.312. The largest absolute Gasteiger partial charge is 0.399 e. The minimum Gasteiger partial charge on any atom is -0.399 e. The second kappa shape index (κ2) is 4.82. The van der Waals surface area contributed by atoms with Crippen LogP contribution in [-0.4, -0.2) is 5.78 Å². The second-order valence-electron chi connectivity index (χ2n) is 5.26. The molecule has 1 heterocycles. The van der Waals surface area contributed by atoms with E-state index in [0.717, 1.165) is 30.5 Å². The maximum atomic E-state index is 12.5. The zero-order valence-corrected chi connectivity index (χ0v) is 11.6. The van der Waals surface area contributed by atoms with Crippen LogP contribution < -0.4 is 5.73 Å². The van der Waals surface area contributed by atoms with Crippen molar-refractivity contribution >= 4 is 22.8 Å². The molecule has 1 aliphatic carbocycles. The highest BCUT2D eigenvalue weighted by molar-refractivity contribution is 7.07. The molecular formula is C16H17NOS. The van der Waals surface area contributed by atoms with Gasteiger partial charge in [-0.3, -0.25) is 4.79 Å². The average molecular weight is 271 g/mol. The van der Waals surface area contributed by atoms with E-state index in [1.54, 1.807) is 11.3 Å². The van der Waals surface area contributed by atoms with E-state index >= 15 is 0 Å². The topological polar surface area (TPSA) is 43.1 Å². The van der Waals surface area contributed by atoms with Gasteiger partial charge >= 0.3 is 0 Å². The zero-order valence-electron chi connectivity index (χ0n) is 10.8. The summed E-state index contributed by atoms with van der Waals surface area (Å²) in [6, 6.07) is 9.89. The molecule has 0 saturated heterocycles. The number of Topliss-reactive ketones (excluding diaryl/α,β-unsaturated/α-hetero) is 1. The molecule has 1 aromatic heterocycles.